The van der Waals surface area contributed by atoms with E-state index in [0.29, 0.717) is 12.6 Å². The first kappa shape index (κ1) is 10.7. The van der Waals surface area contributed by atoms with Gasteiger partial charge in [-0.3, -0.25) is 0 Å². The molecule has 1 saturated carbocycles. The summed E-state index contributed by atoms with van der Waals surface area (Å²) in [6.45, 7) is 5.40. The lowest BCUT2D eigenvalue weighted by Crippen LogP contribution is -2.55. The number of nitrogens with one attached hydrogen (secondary N) is 1. The lowest BCUT2D eigenvalue weighted by atomic mass is 10.1. The second-order valence-electron chi connectivity index (χ2n) is 4.71. The standard InChI is InChI=1S/C11H20N2O2/c1-8(2)12-11(14)13-6-7-15-10-5-3-4-9(10)13/h8-10H,3-7H2,1-2H3,(H,12,14). The number of carbonyl (C=O) groups is 1. The fourth-order valence-corrected chi connectivity index (χ4v) is 2.51. The van der Waals surface area contributed by atoms with E-state index >= 15 is 0 Å². The first-order chi connectivity index (χ1) is 7.18. The van der Waals surface area contributed by atoms with E-state index in [2.05, 4.69) is 5.32 Å². The molecule has 0 bridgehead atoms. The minimum atomic E-state index is 0.0743. The van der Waals surface area contributed by atoms with Crippen LogP contribution in [0.25, 0.3) is 0 Å². The highest BCUT2D eigenvalue weighted by atomic mass is 16.5. The second-order valence-corrected chi connectivity index (χ2v) is 4.71. The highest BCUT2D eigenvalue weighted by Gasteiger charge is 2.38. The minimum Gasteiger partial charge on any atom is -0.374 e. The van der Waals surface area contributed by atoms with Crippen LogP contribution in [-0.2, 0) is 4.74 Å². The molecule has 1 heterocycles. The molecule has 2 aliphatic rings. The molecule has 1 aliphatic carbocycles. The summed E-state index contributed by atoms with van der Waals surface area (Å²) in [6, 6.07) is 0.600. The molecule has 2 atom stereocenters. The van der Waals surface area contributed by atoms with Crippen LogP contribution < -0.4 is 5.32 Å². The van der Waals surface area contributed by atoms with E-state index in [0.717, 1.165) is 19.4 Å². The summed E-state index contributed by atoms with van der Waals surface area (Å²) in [7, 11) is 0. The lowest BCUT2D eigenvalue weighted by Gasteiger charge is -2.37. The van der Waals surface area contributed by atoms with E-state index in [4.69, 9.17) is 4.74 Å². The van der Waals surface area contributed by atoms with Crippen molar-refractivity contribution in [2.24, 2.45) is 0 Å². The van der Waals surface area contributed by atoms with Crippen molar-refractivity contribution in [3.63, 3.8) is 0 Å². The third kappa shape index (κ3) is 2.25. The largest absolute Gasteiger partial charge is 0.374 e. The third-order valence-corrected chi connectivity index (χ3v) is 3.16. The average molecular weight is 212 g/mol. The van der Waals surface area contributed by atoms with Crippen molar-refractivity contribution in [3.8, 4) is 0 Å². The van der Waals surface area contributed by atoms with Crippen LogP contribution in [0.2, 0.25) is 0 Å². The number of morpholine rings is 1. The van der Waals surface area contributed by atoms with Gasteiger partial charge >= 0.3 is 6.03 Å². The van der Waals surface area contributed by atoms with Crippen molar-refractivity contribution in [3.05, 3.63) is 0 Å². The Hall–Kier alpha value is -0.770. The van der Waals surface area contributed by atoms with Gasteiger partial charge < -0.3 is 15.0 Å². The summed E-state index contributed by atoms with van der Waals surface area (Å²) in [4.78, 5) is 13.9. The van der Waals surface area contributed by atoms with Crippen molar-refractivity contribution < 1.29 is 9.53 Å². The van der Waals surface area contributed by atoms with E-state index < -0.39 is 0 Å². The third-order valence-electron chi connectivity index (χ3n) is 3.16. The van der Waals surface area contributed by atoms with Crippen LogP contribution in [0.1, 0.15) is 33.1 Å². The Balaban J connectivity index is 1.98. The number of hydrogen-bond acceptors (Lipinski definition) is 2. The van der Waals surface area contributed by atoms with Gasteiger partial charge in [-0.1, -0.05) is 0 Å². The van der Waals surface area contributed by atoms with E-state index in [1.54, 1.807) is 0 Å². The number of urea groups is 1. The van der Waals surface area contributed by atoms with Gasteiger partial charge in [0, 0.05) is 12.6 Å². The maximum absolute atomic E-state index is 11.9. The maximum atomic E-state index is 11.9. The Labute approximate surface area is 91.0 Å². The average Bonchev–Trinajstić information content (AvgIpc) is 2.63. The first-order valence-electron chi connectivity index (χ1n) is 5.87. The molecular weight excluding hydrogens is 192 g/mol. The van der Waals surface area contributed by atoms with Crippen LogP contribution in [0, 0.1) is 0 Å². The van der Waals surface area contributed by atoms with Gasteiger partial charge in [0.15, 0.2) is 0 Å². The van der Waals surface area contributed by atoms with Gasteiger partial charge in [0.2, 0.25) is 0 Å². The van der Waals surface area contributed by atoms with Crippen LogP contribution in [0.4, 0.5) is 4.79 Å². The topological polar surface area (TPSA) is 41.6 Å². The van der Waals surface area contributed by atoms with Crippen LogP contribution in [0.15, 0.2) is 0 Å². The molecular formula is C11H20N2O2. The quantitative estimate of drug-likeness (QED) is 0.713. The summed E-state index contributed by atoms with van der Waals surface area (Å²) in [5.41, 5.74) is 0. The summed E-state index contributed by atoms with van der Waals surface area (Å²) in [6.07, 6.45) is 3.67. The van der Waals surface area contributed by atoms with Crippen LogP contribution in [0.5, 0.6) is 0 Å². The van der Waals surface area contributed by atoms with E-state index in [1.807, 2.05) is 18.7 Å². The molecule has 0 radical (unpaired) electrons. The van der Waals surface area contributed by atoms with Gasteiger partial charge in [-0.15, -0.1) is 0 Å². The van der Waals surface area contributed by atoms with Gasteiger partial charge in [0.05, 0.1) is 18.8 Å². The highest BCUT2D eigenvalue weighted by Crippen LogP contribution is 2.29. The summed E-state index contributed by atoms with van der Waals surface area (Å²) >= 11 is 0. The van der Waals surface area contributed by atoms with Crippen molar-refractivity contribution in [2.75, 3.05) is 13.2 Å². The molecule has 2 rings (SSSR count). The van der Waals surface area contributed by atoms with E-state index in [9.17, 15) is 4.79 Å². The zero-order valence-electron chi connectivity index (χ0n) is 9.53. The molecule has 86 valence electrons. The summed E-state index contributed by atoms with van der Waals surface area (Å²) < 4.78 is 5.67. The van der Waals surface area contributed by atoms with Gasteiger partial charge in [0.1, 0.15) is 0 Å². The normalized spacial score (nSPS) is 30.5. The number of ether oxygens (including phenoxy) is 1. The molecule has 0 spiro atoms. The molecule has 1 saturated heterocycles. The number of fused-ring (bicyclic) bond motifs is 1. The Morgan fingerprint density at radius 1 is 1.47 bits per heavy atom. The monoisotopic (exact) mass is 212 g/mol. The molecule has 1 aliphatic heterocycles. The number of carbonyl (C=O) groups excluding carboxylic acids is 1. The Morgan fingerprint density at radius 3 is 3.00 bits per heavy atom. The number of nitrogens with zero attached hydrogens (tertiary/aromatic N) is 1. The van der Waals surface area contributed by atoms with Gasteiger partial charge in [0.25, 0.3) is 0 Å². The fourth-order valence-electron chi connectivity index (χ4n) is 2.51. The molecule has 4 heteroatoms. The molecule has 2 amide bonds. The molecule has 15 heavy (non-hydrogen) atoms. The van der Waals surface area contributed by atoms with Crippen LogP contribution in [0.3, 0.4) is 0 Å². The molecule has 2 fully saturated rings. The maximum Gasteiger partial charge on any atom is 0.318 e. The second kappa shape index (κ2) is 4.39. The highest BCUT2D eigenvalue weighted by molar-refractivity contribution is 5.75. The SMILES string of the molecule is CC(C)NC(=O)N1CCOC2CCCC21. The van der Waals surface area contributed by atoms with Gasteiger partial charge in [-0.2, -0.15) is 0 Å². The minimum absolute atomic E-state index is 0.0743. The Kier molecular flexibility index (Phi) is 3.14. The number of hydrogen-bond donors (Lipinski definition) is 1. The van der Waals surface area contributed by atoms with Crippen molar-refractivity contribution in [2.45, 2.75) is 51.3 Å². The summed E-state index contributed by atoms with van der Waals surface area (Å²) in [5, 5.41) is 2.96. The fraction of sp³-hybridized carbons (Fsp3) is 0.909. The van der Waals surface area contributed by atoms with Crippen molar-refractivity contribution >= 4 is 6.03 Å². The molecule has 0 aromatic heterocycles. The predicted molar refractivity (Wildman–Crippen MR) is 57.8 cm³/mol. The van der Waals surface area contributed by atoms with E-state index in [1.165, 1.54) is 6.42 Å². The molecule has 0 aromatic rings. The van der Waals surface area contributed by atoms with Crippen molar-refractivity contribution in [1.82, 2.24) is 10.2 Å². The Morgan fingerprint density at radius 2 is 2.27 bits per heavy atom. The predicted octanol–water partition coefficient (Wildman–Crippen LogP) is 1.36. The number of amides is 2. The molecule has 2 unspecified atom stereocenters. The molecule has 1 N–H and O–H groups in total. The van der Waals surface area contributed by atoms with Crippen LogP contribution >= 0.6 is 0 Å². The summed E-state index contributed by atoms with van der Waals surface area (Å²) in [5.74, 6) is 0. The van der Waals surface area contributed by atoms with E-state index in [-0.39, 0.29) is 18.2 Å². The number of rotatable bonds is 1. The molecule has 0 aromatic carbocycles. The zero-order valence-corrected chi connectivity index (χ0v) is 9.53. The van der Waals surface area contributed by atoms with Gasteiger partial charge in [-0.05, 0) is 33.1 Å². The Bertz CT molecular complexity index is 243. The zero-order chi connectivity index (χ0) is 10.8. The lowest BCUT2D eigenvalue weighted by molar-refractivity contribution is -0.0385. The van der Waals surface area contributed by atoms with Gasteiger partial charge in [-0.25, -0.2) is 4.79 Å². The van der Waals surface area contributed by atoms with Crippen molar-refractivity contribution in [1.29, 1.82) is 0 Å². The van der Waals surface area contributed by atoms with Crippen LogP contribution in [-0.4, -0.2) is 42.3 Å². The first-order valence-corrected chi connectivity index (χ1v) is 5.87. The smallest absolute Gasteiger partial charge is 0.318 e. The molecule has 4 nitrogen and oxygen atoms in total.